The first-order valence-electron chi connectivity index (χ1n) is 7.92. The summed E-state index contributed by atoms with van der Waals surface area (Å²) < 4.78 is 0. The standard InChI is InChI=1S/C19H22N2/c1-13-5-6-14-7-8-19(17(14)11-13)21-10-9-16-15(12-21)3-2-4-18(16)20/h2-6,11,19H,7-10,12,20H2,1H3. The third-order valence-corrected chi connectivity index (χ3v) is 5.12. The molecule has 0 amide bonds. The van der Waals surface area contributed by atoms with Crippen LogP contribution in [-0.4, -0.2) is 11.4 Å². The molecule has 0 saturated carbocycles. The molecule has 2 aliphatic rings. The van der Waals surface area contributed by atoms with Gasteiger partial charge in [-0.05, 0) is 54.5 Å². The number of hydrogen-bond acceptors (Lipinski definition) is 2. The highest BCUT2D eigenvalue weighted by Gasteiger charge is 2.30. The maximum atomic E-state index is 6.12. The summed E-state index contributed by atoms with van der Waals surface area (Å²) in [4.78, 5) is 2.65. The van der Waals surface area contributed by atoms with E-state index in [0.717, 1.165) is 25.2 Å². The van der Waals surface area contributed by atoms with Crippen molar-refractivity contribution in [2.75, 3.05) is 12.3 Å². The van der Waals surface area contributed by atoms with Gasteiger partial charge in [-0.3, -0.25) is 4.90 Å². The Labute approximate surface area is 126 Å². The van der Waals surface area contributed by atoms with E-state index in [-0.39, 0.29) is 0 Å². The number of nitrogen functional groups attached to an aromatic ring is 1. The normalized spacial score (nSPS) is 21.1. The second kappa shape index (κ2) is 4.88. The smallest absolute Gasteiger partial charge is 0.0357 e. The van der Waals surface area contributed by atoms with Crippen molar-refractivity contribution in [2.45, 2.75) is 38.8 Å². The molecule has 1 unspecified atom stereocenters. The molecule has 2 N–H and O–H groups in total. The molecule has 0 aromatic heterocycles. The van der Waals surface area contributed by atoms with Crippen LogP contribution in [0, 0.1) is 6.92 Å². The Morgan fingerprint density at radius 2 is 2.00 bits per heavy atom. The van der Waals surface area contributed by atoms with Crippen LogP contribution >= 0.6 is 0 Å². The fourth-order valence-electron chi connectivity index (χ4n) is 4.01. The average Bonchev–Trinajstić information content (AvgIpc) is 2.90. The van der Waals surface area contributed by atoms with Crippen molar-refractivity contribution in [1.82, 2.24) is 4.90 Å². The zero-order chi connectivity index (χ0) is 14.4. The van der Waals surface area contributed by atoms with Gasteiger partial charge in [-0.2, -0.15) is 0 Å². The van der Waals surface area contributed by atoms with Crippen LogP contribution < -0.4 is 5.73 Å². The van der Waals surface area contributed by atoms with E-state index in [0.29, 0.717) is 6.04 Å². The van der Waals surface area contributed by atoms with E-state index >= 15 is 0 Å². The second-order valence-electron chi connectivity index (χ2n) is 6.46. The molecule has 0 spiro atoms. The average molecular weight is 278 g/mol. The molecular formula is C19H22N2. The Balaban J connectivity index is 1.64. The summed E-state index contributed by atoms with van der Waals surface area (Å²) in [5.74, 6) is 0. The Morgan fingerprint density at radius 1 is 1.10 bits per heavy atom. The Bertz CT molecular complexity index is 690. The maximum Gasteiger partial charge on any atom is 0.0357 e. The molecule has 0 radical (unpaired) electrons. The number of aryl methyl sites for hydroxylation is 2. The molecule has 1 aliphatic carbocycles. The molecule has 0 saturated heterocycles. The van der Waals surface area contributed by atoms with Gasteiger partial charge >= 0.3 is 0 Å². The highest BCUT2D eigenvalue weighted by atomic mass is 15.2. The monoisotopic (exact) mass is 278 g/mol. The molecule has 1 heterocycles. The number of nitrogens with two attached hydrogens (primary N) is 1. The number of hydrogen-bond donors (Lipinski definition) is 1. The van der Waals surface area contributed by atoms with Crippen LogP contribution in [0.5, 0.6) is 0 Å². The lowest BCUT2D eigenvalue weighted by atomic mass is 9.95. The first-order chi connectivity index (χ1) is 10.2. The zero-order valence-corrected chi connectivity index (χ0v) is 12.6. The number of rotatable bonds is 1. The molecule has 1 atom stereocenters. The van der Waals surface area contributed by atoms with E-state index in [1.54, 1.807) is 11.1 Å². The van der Waals surface area contributed by atoms with Crippen molar-refractivity contribution < 1.29 is 0 Å². The minimum atomic E-state index is 0.592. The van der Waals surface area contributed by atoms with Gasteiger partial charge in [0.15, 0.2) is 0 Å². The van der Waals surface area contributed by atoms with Gasteiger partial charge in [-0.15, -0.1) is 0 Å². The SMILES string of the molecule is Cc1ccc2c(c1)C(N1CCc3c(N)cccc3C1)CC2. The summed E-state index contributed by atoms with van der Waals surface area (Å²) in [5.41, 5.74) is 14.4. The van der Waals surface area contributed by atoms with Gasteiger partial charge in [0, 0.05) is 24.8 Å². The van der Waals surface area contributed by atoms with Crippen LogP contribution in [0.2, 0.25) is 0 Å². The van der Waals surface area contributed by atoms with E-state index in [4.69, 9.17) is 5.73 Å². The third-order valence-electron chi connectivity index (χ3n) is 5.12. The maximum absolute atomic E-state index is 6.12. The molecule has 21 heavy (non-hydrogen) atoms. The quantitative estimate of drug-likeness (QED) is 0.807. The van der Waals surface area contributed by atoms with Crippen LogP contribution in [-0.2, 0) is 19.4 Å². The summed E-state index contributed by atoms with van der Waals surface area (Å²) >= 11 is 0. The Morgan fingerprint density at radius 3 is 2.90 bits per heavy atom. The van der Waals surface area contributed by atoms with Crippen molar-refractivity contribution >= 4 is 5.69 Å². The van der Waals surface area contributed by atoms with E-state index in [2.05, 4.69) is 42.2 Å². The van der Waals surface area contributed by atoms with Crippen molar-refractivity contribution in [1.29, 1.82) is 0 Å². The van der Waals surface area contributed by atoms with Gasteiger partial charge in [0.2, 0.25) is 0 Å². The van der Waals surface area contributed by atoms with E-state index in [1.807, 2.05) is 6.07 Å². The van der Waals surface area contributed by atoms with Gasteiger partial charge in [0.05, 0.1) is 0 Å². The summed E-state index contributed by atoms with van der Waals surface area (Å²) in [6.07, 6.45) is 3.57. The molecule has 0 fully saturated rings. The Hall–Kier alpha value is -1.80. The first-order valence-corrected chi connectivity index (χ1v) is 7.92. The zero-order valence-electron chi connectivity index (χ0n) is 12.6. The van der Waals surface area contributed by atoms with E-state index in [9.17, 15) is 0 Å². The summed E-state index contributed by atoms with van der Waals surface area (Å²) in [7, 11) is 0. The fraction of sp³-hybridized carbons (Fsp3) is 0.368. The predicted molar refractivity (Wildman–Crippen MR) is 87.2 cm³/mol. The molecule has 2 nitrogen and oxygen atoms in total. The van der Waals surface area contributed by atoms with E-state index < -0.39 is 0 Å². The highest BCUT2D eigenvalue weighted by molar-refractivity contribution is 5.52. The fourth-order valence-corrected chi connectivity index (χ4v) is 4.01. The van der Waals surface area contributed by atoms with Crippen molar-refractivity contribution in [3.63, 3.8) is 0 Å². The molecule has 0 bridgehead atoms. The van der Waals surface area contributed by atoms with Crippen LogP contribution in [0.3, 0.4) is 0 Å². The third kappa shape index (κ3) is 2.14. The summed E-state index contributed by atoms with van der Waals surface area (Å²) in [6, 6.07) is 13.9. The molecule has 2 aromatic carbocycles. The lowest BCUT2D eigenvalue weighted by Crippen LogP contribution is -2.33. The highest BCUT2D eigenvalue weighted by Crippen LogP contribution is 2.39. The molecule has 2 aromatic rings. The molecule has 108 valence electrons. The molecular weight excluding hydrogens is 256 g/mol. The number of nitrogens with zero attached hydrogens (tertiary/aromatic N) is 1. The topological polar surface area (TPSA) is 29.3 Å². The van der Waals surface area contributed by atoms with Gasteiger partial charge in [0.25, 0.3) is 0 Å². The molecule has 2 heteroatoms. The summed E-state index contributed by atoms with van der Waals surface area (Å²) in [5, 5.41) is 0. The molecule has 4 rings (SSSR count). The number of benzene rings is 2. The first kappa shape index (κ1) is 12.9. The van der Waals surface area contributed by atoms with Crippen molar-refractivity contribution in [3.8, 4) is 0 Å². The van der Waals surface area contributed by atoms with Gasteiger partial charge in [-0.25, -0.2) is 0 Å². The predicted octanol–water partition coefficient (Wildman–Crippen LogP) is 3.62. The van der Waals surface area contributed by atoms with Gasteiger partial charge in [0.1, 0.15) is 0 Å². The van der Waals surface area contributed by atoms with Gasteiger partial charge < -0.3 is 5.73 Å². The number of fused-ring (bicyclic) bond motifs is 2. The second-order valence-corrected chi connectivity index (χ2v) is 6.46. The van der Waals surface area contributed by atoms with E-state index in [1.165, 1.54) is 29.5 Å². The molecule has 1 aliphatic heterocycles. The van der Waals surface area contributed by atoms with Gasteiger partial charge in [-0.1, -0.05) is 35.9 Å². The Kier molecular flexibility index (Phi) is 3.00. The van der Waals surface area contributed by atoms with Crippen LogP contribution in [0.25, 0.3) is 0 Å². The lowest BCUT2D eigenvalue weighted by molar-refractivity contribution is 0.179. The van der Waals surface area contributed by atoms with Crippen LogP contribution in [0.15, 0.2) is 36.4 Å². The van der Waals surface area contributed by atoms with Crippen LogP contribution in [0.1, 0.15) is 40.3 Å². The van der Waals surface area contributed by atoms with Crippen molar-refractivity contribution in [3.05, 3.63) is 64.2 Å². The largest absolute Gasteiger partial charge is 0.398 e. The minimum absolute atomic E-state index is 0.592. The van der Waals surface area contributed by atoms with Crippen molar-refractivity contribution in [2.24, 2.45) is 0 Å². The summed E-state index contributed by atoms with van der Waals surface area (Å²) in [6.45, 7) is 4.36. The lowest BCUT2D eigenvalue weighted by Gasteiger charge is -2.34. The van der Waals surface area contributed by atoms with Crippen LogP contribution in [0.4, 0.5) is 5.69 Å². The number of anilines is 1. The minimum Gasteiger partial charge on any atom is -0.398 e.